The minimum absolute atomic E-state index is 0.352. The number of halogens is 1. The van der Waals surface area contributed by atoms with Gasteiger partial charge in [-0.1, -0.05) is 57.0 Å². The molecule has 1 rings (SSSR count). The molecule has 0 fully saturated rings. The van der Waals surface area contributed by atoms with Crippen LogP contribution in [0.5, 0.6) is 0 Å². The first kappa shape index (κ1) is 10.6. The highest BCUT2D eigenvalue weighted by Crippen LogP contribution is 2.28. The number of hydrogen-bond acceptors (Lipinski definition) is 0. The minimum Gasteiger partial charge on any atom is -0.0840 e. The van der Waals surface area contributed by atoms with Gasteiger partial charge in [0.2, 0.25) is 0 Å². The van der Waals surface area contributed by atoms with Crippen LogP contribution in [0.25, 0.3) is 0 Å². The van der Waals surface area contributed by atoms with Crippen LogP contribution in [0, 0.1) is 5.41 Å². The highest BCUT2D eigenvalue weighted by molar-refractivity contribution is 6.31. The van der Waals surface area contributed by atoms with Crippen LogP contribution in [0.3, 0.4) is 0 Å². The predicted octanol–water partition coefficient (Wildman–Crippen LogP) is 4.32. The molecule has 1 heteroatoms. The SMILES string of the molecule is CCC(C)(C)Cc1ccccc1Cl. The standard InChI is InChI=1S/C12H17Cl/c1-4-12(2,3)9-10-7-5-6-8-11(10)13/h5-8H,4,9H2,1-3H3. The molecule has 0 aromatic heterocycles. The molecule has 0 bridgehead atoms. The van der Waals surface area contributed by atoms with E-state index in [-0.39, 0.29) is 0 Å². The normalized spacial score (nSPS) is 11.7. The van der Waals surface area contributed by atoms with Crippen molar-refractivity contribution in [3.63, 3.8) is 0 Å². The summed E-state index contributed by atoms with van der Waals surface area (Å²) in [6, 6.07) is 8.10. The van der Waals surface area contributed by atoms with E-state index in [1.54, 1.807) is 0 Å². The average Bonchev–Trinajstić information content (AvgIpc) is 2.09. The molecule has 0 aliphatic rings. The van der Waals surface area contributed by atoms with E-state index in [2.05, 4.69) is 26.8 Å². The van der Waals surface area contributed by atoms with Crippen molar-refractivity contribution < 1.29 is 0 Å². The summed E-state index contributed by atoms with van der Waals surface area (Å²) in [4.78, 5) is 0. The topological polar surface area (TPSA) is 0 Å². The first-order valence-electron chi connectivity index (χ1n) is 4.78. The van der Waals surface area contributed by atoms with Crippen LogP contribution in [0.2, 0.25) is 5.02 Å². The van der Waals surface area contributed by atoms with Gasteiger partial charge in [0, 0.05) is 5.02 Å². The second-order valence-corrected chi connectivity index (χ2v) is 4.69. The van der Waals surface area contributed by atoms with E-state index < -0.39 is 0 Å². The van der Waals surface area contributed by atoms with Gasteiger partial charge in [0.15, 0.2) is 0 Å². The maximum absolute atomic E-state index is 6.09. The molecule has 0 saturated heterocycles. The largest absolute Gasteiger partial charge is 0.0840 e. The third-order valence-electron chi connectivity index (χ3n) is 2.58. The van der Waals surface area contributed by atoms with Gasteiger partial charge in [0.05, 0.1) is 0 Å². The Morgan fingerprint density at radius 1 is 1.23 bits per heavy atom. The molecule has 72 valence electrons. The zero-order valence-corrected chi connectivity index (χ0v) is 9.36. The van der Waals surface area contributed by atoms with Gasteiger partial charge in [0.1, 0.15) is 0 Å². The van der Waals surface area contributed by atoms with Gasteiger partial charge >= 0.3 is 0 Å². The van der Waals surface area contributed by atoms with Crippen LogP contribution < -0.4 is 0 Å². The quantitative estimate of drug-likeness (QED) is 0.676. The molecule has 0 aliphatic heterocycles. The van der Waals surface area contributed by atoms with E-state index in [0.717, 1.165) is 11.4 Å². The molecular formula is C12H17Cl. The predicted molar refractivity (Wildman–Crippen MR) is 59.2 cm³/mol. The zero-order chi connectivity index (χ0) is 9.90. The van der Waals surface area contributed by atoms with Crippen LogP contribution in [-0.4, -0.2) is 0 Å². The Balaban J connectivity index is 2.80. The highest BCUT2D eigenvalue weighted by atomic mass is 35.5. The number of benzene rings is 1. The second-order valence-electron chi connectivity index (χ2n) is 4.29. The van der Waals surface area contributed by atoms with E-state index in [9.17, 15) is 0 Å². The Hall–Kier alpha value is -0.490. The van der Waals surface area contributed by atoms with Crippen molar-refractivity contribution in [3.05, 3.63) is 34.9 Å². The van der Waals surface area contributed by atoms with Gasteiger partial charge in [-0.25, -0.2) is 0 Å². The van der Waals surface area contributed by atoms with E-state index in [1.807, 2.05) is 18.2 Å². The molecule has 1 aromatic rings. The third-order valence-corrected chi connectivity index (χ3v) is 2.95. The zero-order valence-electron chi connectivity index (χ0n) is 8.60. The molecule has 0 unspecified atom stereocenters. The van der Waals surface area contributed by atoms with Crippen LogP contribution in [-0.2, 0) is 6.42 Å². The van der Waals surface area contributed by atoms with Gasteiger partial charge < -0.3 is 0 Å². The highest BCUT2D eigenvalue weighted by Gasteiger charge is 2.16. The van der Waals surface area contributed by atoms with Gasteiger partial charge in [-0.2, -0.15) is 0 Å². The lowest BCUT2D eigenvalue weighted by Crippen LogP contribution is -2.13. The molecule has 1 aromatic carbocycles. The second kappa shape index (κ2) is 4.15. The van der Waals surface area contributed by atoms with Gasteiger partial charge in [-0.3, -0.25) is 0 Å². The Morgan fingerprint density at radius 3 is 2.38 bits per heavy atom. The fourth-order valence-corrected chi connectivity index (χ4v) is 1.48. The van der Waals surface area contributed by atoms with Crippen molar-refractivity contribution in [2.45, 2.75) is 33.6 Å². The van der Waals surface area contributed by atoms with Crippen molar-refractivity contribution in [3.8, 4) is 0 Å². The van der Waals surface area contributed by atoms with E-state index >= 15 is 0 Å². The molecule has 0 amide bonds. The van der Waals surface area contributed by atoms with Gasteiger partial charge in [-0.15, -0.1) is 0 Å². The van der Waals surface area contributed by atoms with Gasteiger partial charge in [0.25, 0.3) is 0 Å². The molecule has 0 saturated carbocycles. The van der Waals surface area contributed by atoms with Crippen molar-refractivity contribution in [1.82, 2.24) is 0 Å². The summed E-state index contributed by atoms with van der Waals surface area (Å²) in [5, 5.41) is 0.893. The fraction of sp³-hybridized carbons (Fsp3) is 0.500. The molecule has 0 radical (unpaired) electrons. The molecule has 0 spiro atoms. The Kier molecular flexibility index (Phi) is 3.38. The molecule has 0 aliphatic carbocycles. The Bertz CT molecular complexity index is 276. The first-order chi connectivity index (χ1) is 6.05. The van der Waals surface area contributed by atoms with Crippen molar-refractivity contribution in [2.75, 3.05) is 0 Å². The summed E-state index contributed by atoms with van der Waals surface area (Å²) >= 11 is 6.09. The molecule has 0 atom stereocenters. The summed E-state index contributed by atoms with van der Waals surface area (Å²) in [6.45, 7) is 6.77. The van der Waals surface area contributed by atoms with Crippen molar-refractivity contribution in [2.24, 2.45) is 5.41 Å². The van der Waals surface area contributed by atoms with Crippen LogP contribution in [0.1, 0.15) is 32.8 Å². The summed E-state index contributed by atoms with van der Waals surface area (Å²) < 4.78 is 0. The van der Waals surface area contributed by atoms with E-state index in [1.165, 1.54) is 12.0 Å². The maximum atomic E-state index is 6.09. The first-order valence-corrected chi connectivity index (χ1v) is 5.16. The van der Waals surface area contributed by atoms with E-state index in [4.69, 9.17) is 11.6 Å². The Morgan fingerprint density at radius 2 is 1.85 bits per heavy atom. The molecular weight excluding hydrogens is 180 g/mol. The van der Waals surface area contributed by atoms with Crippen LogP contribution >= 0.6 is 11.6 Å². The lowest BCUT2D eigenvalue weighted by molar-refractivity contribution is 0.349. The van der Waals surface area contributed by atoms with Crippen LogP contribution in [0.15, 0.2) is 24.3 Å². The smallest absolute Gasteiger partial charge is 0.0438 e. The van der Waals surface area contributed by atoms with Crippen molar-refractivity contribution in [1.29, 1.82) is 0 Å². The number of rotatable bonds is 3. The Labute approximate surface area is 85.9 Å². The molecule has 0 nitrogen and oxygen atoms in total. The lowest BCUT2D eigenvalue weighted by atomic mass is 9.83. The lowest BCUT2D eigenvalue weighted by Gasteiger charge is -2.22. The third kappa shape index (κ3) is 3.04. The molecule has 0 N–H and O–H groups in total. The monoisotopic (exact) mass is 196 g/mol. The fourth-order valence-electron chi connectivity index (χ4n) is 1.28. The summed E-state index contributed by atoms with van der Waals surface area (Å²) in [6.07, 6.45) is 2.24. The minimum atomic E-state index is 0.352. The van der Waals surface area contributed by atoms with Crippen LogP contribution in [0.4, 0.5) is 0 Å². The molecule has 0 heterocycles. The number of hydrogen-bond donors (Lipinski definition) is 0. The van der Waals surface area contributed by atoms with Crippen molar-refractivity contribution >= 4 is 11.6 Å². The summed E-state index contributed by atoms with van der Waals surface area (Å²) in [7, 11) is 0. The average molecular weight is 197 g/mol. The van der Waals surface area contributed by atoms with E-state index in [0.29, 0.717) is 5.41 Å². The summed E-state index contributed by atoms with van der Waals surface area (Å²) in [5.41, 5.74) is 1.61. The van der Waals surface area contributed by atoms with Gasteiger partial charge in [-0.05, 0) is 23.5 Å². The molecule has 13 heavy (non-hydrogen) atoms. The summed E-state index contributed by atoms with van der Waals surface area (Å²) in [5.74, 6) is 0. The maximum Gasteiger partial charge on any atom is 0.0438 e.